The Labute approximate surface area is 123 Å². The second-order valence-electron chi connectivity index (χ2n) is 6.82. The molecule has 1 aromatic heterocycles. The first-order chi connectivity index (χ1) is 9.58. The molecule has 3 nitrogen and oxygen atoms in total. The zero-order valence-electron chi connectivity index (χ0n) is 13.5. The molecule has 3 heteroatoms. The SMILES string of the molecule is CC(C)CNCc1ccoc1CN1CCCC1C(C)C. The fourth-order valence-electron chi connectivity index (χ4n) is 3.15. The van der Waals surface area contributed by atoms with E-state index in [1.54, 1.807) is 0 Å². The van der Waals surface area contributed by atoms with Crippen molar-refractivity contribution < 1.29 is 4.42 Å². The number of hydrogen-bond donors (Lipinski definition) is 1. The lowest BCUT2D eigenvalue weighted by atomic mass is 10.0. The van der Waals surface area contributed by atoms with Crippen LogP contribution in [0.3, 0.4) is 0 Å². The van der Waals surface area contributed by atoms with E-state index in [1.807, 2.05) is 6.26 Å². The summed E-state index contributed by atoms with van der Waals surface area (Å²) in [7, 11) is 0. The van der Waals surface area contributed by atoms with E-state index in [1.165, 1.54) is 24.9 Å². The molecule has 0 aromatic carbocycles. The number of nitrogens with zero attached hydrogens (tertiary/aromatic N) is 1. The molecule has 0 bridgehead atoms. The van der Waals surface area contributed by atoms with Crippen molar-refractivity contribution in [3.8, 4) is 0 Å². The highest BCUT2D eigenvalue weighted by Crippen LogP contribution is 2.26. The standard InChI is InChI=1S/C17H30N2O/c1-13(2)10-18-11-15-7-9-20-17(15)12-19-8-5-6-16(19)14(3)4/h7,9,13-14,16,18H,5-6,8,10-12H2,1-4H3. The summed E-state index contributed by atoms with van der Waals surface area (Å²) in [6, 6.07) is 2.83. The number of nitrogens with one attached hydrogen (secondary N) is 1. The summed E-state index contributed by atoms with van der Waals surface area (Å²) in [5, 5.41) is 3.51. The summed E-state index contributed by atoms with van der Waals surface area (Å²) in [5.74, 6) is 2.57. The number of rotatable bonds is 7. The Balaban J connectivity index is 1.91. The summed E-state index contributed by atoms with van der Waals surface area (Å²) in [4.78, 5) is 2.59. The van der Waals surface area contributed by atoms with Crippen LogP contribution in [0.25, 0.3) is 0 Å². The summed E-state index contributed by atoms with van der Waals surface area (Å²) < 4.78 is 5.73. The van der Waals surface area contributed by atoms with E-state index in [4.69, 9.17) is 4.42 Å². The fourth-order valence-corrected chi connectivity index (χ4v) is 3.15. The molecule has 1 fully saturated rings. The minimum atomic E-state index is 0.689. The molecule has 1 aromatic rings. The number of likely N-dealkylation sites (tertiary alicyclic amines) is 1. The Morgan fingerprint density at radius 1 is 1.35 bits per heavy atom. The van der Waals surface area contributed by atoms with E-state index in [0.717, 1.165) is 37.4 Å². The predicted molar refractivity (Wildman–Crippen MR) is 83.5 cm³/mol. The van der Waals surface area contributed by atoms with Gasteiger partial charge in [-0.05, 0) is 43.8 Å². The van der Waals surface area contributed by atoms with Gasteiger partial charge in [-0.1, -0.05) is 27.7 Å². The van der Waals surface area contributed by atoms with Gasteiger partial charge in [-0.15, -0.1) is 0 Å². The van der Waals surface area contributed by atoms with Gasteiger partial charge >= 0.3 is 0 Å². The highest BCUT2D eigenvalue weighted by molar-refractivity contribution is 5.17. The van der Waals surface area contributed by atoms with Gasteiger partial charge in [-0.3, -0.25) is 4.90 Å². The number of furan rings is 1. The fraction of sp³-hybridized carbons (Fsp3) is 0.765. The second kappa shape index (κ2) is 7.28. The molecule has 1 aliphatic rings. The Kier molecular flexibility index (Phi) is 5.67. The van der Waals surface area contributed by atoms with Crippen molar-refractivity contribution >= 4 is 0 Å². The largest absolute Gasteiger partial charge is 0.468 e. The van der Waals surface area contributed by atoms with Crippen molar-refractivity contribution in [1.82, 2.24) is 10.2 Å². The third-order valence-electron chi connectivity index (χ3n) is 4.24. The van der Waals surface area contributed by atoms with Gasteiger partial charge in [0.2, 0.25) is 0 Å². The molecule has 0 amide bonds. The Morgan fingerprint density at radius 2 is 2.15 bits per heavy atom. The highest BCUT2D eigenvalue weighted by atomic mass is 16.3. The van der Waals surface area contributed by atoms with Crippen LogP contribution >= 0.6 is 0 Å². The van der Waals surface area contributed by atoms with Crippen molar-refractivity contribution in [2.75, 3.05) is 13.1 Å². The average Bonchev–Trinajstić information content (AvgIpc) is 2.99. The van der Waals surface area contributed by atoms with E-state index in [0.29, 0.717) is 5.92 Å². The van der Waals surface area contributed by atoms with Crippen molar-refractivity contribution in [3.63, 3.8) is 0 Å². The van der Waals surface area contributed by atoms with Gasteiger partial charge in [0.1, 0.15) is 5.76 Å². The van der Waals surface area contributed by atoms with Crippen LogP contribution in [0.5, 0.6) is 0 Å². The van der Waals surface area contributed by atoms with E-state index < -0.39 is 0 Å². The summed E-state index contributed by atoms with van der Waals surface area (Å²) in [5.41, 5.74) is 1.32. The monoisotopic (exact) mass is 278 g/mol. The lowest BCUT2D eigenvalue weighted by Crippen LogP contribution is -2.33. The molecule has 1 atom stereocenters. The summed E-state index contributed by atoms with van der Waals surface area (Å²) >= 11 is 0. The molecule has 1 aliphatic heterocycles. The Morgan fingerprint density at radius 3 is 2.85 bits per heavy atom. The minimum absolute atomic E-state index is 0.689. The first kappa shape index (κ1) is 15.6. The lowest BCUT2D eigenvalue weighted by molar-refractivity contribution is 0.184. The van der Waals surface area contributed by atoms with Crippen molar-refractivity contribution in [2.24, 2.45) is 11.8 Å². The molecule has 20 heavy (non-hydrogen) atoms. The molecular weight excluding hydrogens is 248 g/mol. The molecule has 0 saturated carbocycles. The predicted octanol–water partition coefficient (Wildman–Crippen LogP) is 3.65. The molecular formula is C17H30N2O. The Hall–Kier alpha value is -0.800. The van der Waals surface area contributed by atoms with Crippen LogP contribution in [0.2, 0.25) is 0 Å². The maximum Gasteiger partial charge on any atom is 0.122 e. The van der Waals surface area contributed by atoms with E-state index >= 15 is 0 Å². The van der Waals surface area contributed by atoms with Gasteiger partial charge in [-0.25, -0.2) is 0 Å². The van der Waals surface area contributed by atoms with Crippen LogP contribution in [0.1, 0.15) is 51.9 Å². The maximum atomic E-state index is 5.73. The van der Waals surface area contributed by atoms with Crippen LogP contribution in [0.15, 0.2) is 16.7 Å². The third kappa shape index (κ3) is 4.10. The topological polar surface area (TPSA) is 28.4 Å². The van der Waals surface area contributed by atoms with E-state index in [9.17, 15) is 0 Å². The first-order valence-electron chi connectivity index (χ1n) is 8.08. The second-order valence-corrected chi connectivity index (χ2v) is 6.82. The van der Waals surface area contributed by atoms with Gasteiger partial charge in [0, 0.05) is 18.2 Å². The molecule has 114 valence electrons. The molecule has 0 radical (unpaired) electrons. The van der Waals surface area contributed by atoms with E-state index in [2.05, 4.69) is 44.0 Å². The van der Waals surface area contributed by atoms with Crippen LogP contribution in [-0.2, 0) is 13.1 Å². The van der Waals surface area contributed by atoms with Crippen LogP contribution in [0, 0.1) is 11.8 Å². The van der Waals surface area contributed by atoms with Crippen LogP contribution in [0.4, 0.5) is 0 Å². The van der Waals surface area contributed by atoms with Gasteiger partial charge in [-0.2, -0.15) is 0 Å². The molecule has 1 saturated heterocycles. The van der Waals surface area contributed by atoms with Gasteiger partial charge in [0.05, 0.1) is 12.8 Å². The van der Waals surface area contributed by atoms with Crippen LogP contribution in [-0.4, -0.2) is 24.0 Å². The molecule has 2 heterocycles. The van der Waals surface area contributed by atoms with Crippen LogP contribution < -0.4 is 5.32 Å². The average molecular weight is 278 g/mol. The normalized spacial score (nSPS) is 20.4. The third-order valence-corrected chi connectivity index (χ3v) is 4.24. The van der Waals surface area contributed by atoms with Gasteiger partial charge in [0.15, 0.2) is 0 Å². The molecule has 1 unspecified atom stereocenters. The van der Waals surface area contributed by atoms with Gasteiger partial charge < -0.3 is 9.73 Å². The molecule has 1 N–H and O–H groups in total. The Bertz CT molecular complexity index is 397. The van der Waals surface area contributed by atoms with Crippen molar-refractivity contribution in [2.45, 2.75) is 59.7 Å². The quantitative estimate of drug-likeness (QED) is 0.825. The first-order valence-corrected chi connectivity index (χ1v) is 8.08. The zero-order valence-corrected chi connectivity index (χ0v) is 13.5. The molecule has 0 spiro atoms. The van der Waals surface area contributed by atoms with Crippen molar-refractivity contribution in [1.29, 1.82) is 0 Å². The summed E-state index contributed by atoms with van der Waals surface area (Å²) in [6.45, 7) is 13.3. The smallest absolute Gasteiger partial charge is 0.122 e. The zero-order chi connectivity index (χ0) is 14.5. The lowest BCUT2D eigenvalue weighted by Gasteiger charge is -2.27. The molecule has 0 aliphatic carbocycles. The summed E-state index contributed by atoms with van der Waals surface area (Å²) in [6.07, 6.45) is 4.49. The highest BCUT2D eigenvalue weighted by Gasteiger charge is 2.28. The van der Waals surface area contributed by atoms with Crippen molar-refractivity contribution in [3.05, 3.63) is 23.7 Å². The minimum Gasteiger partial charge on any atom is -0.468 e. The van der Waals surface area contributed by atoms with Gasteiger partial charge in [0.25, 0.3) is 0 Å². The maximum absolute atomic E-state index is 5.73. The number of hydrogen-bond acceptors (Lipinski definition) is 3. The molecule has 2 rings (SSSR count). The van der Waals surface area contributed by atoms with E-state index in [-0.39, 0.29) is 0 Å².